The lowest BCUT2D eigenvalue weighted by Gasteiger charge is -2.24. The number of hydrogen-bond donors (Lipinski definition) is 1. The first-order valence-electron chi connectivity index (χ1n) is 7.31. The molecule has 0 bridgehead atoms. The zero-order valence-electron chi connectivity index (χ0n) is 13.3. The highest BCUT2D eigenvalue weighted by Gasteiger charge is 2.24. The molecule has 0 aliphatic carbocycles. The van der Waals surface area contributed by atoms with Crippen molar-refractivity contribution < 1.29 is 8.42 Å². The number of aryl methyl sites for hydroxylation is 2. The third-order valence-corrected chi connectivity index (χ3v) is 5.25. The van der Waals surface area contributed by atoms with Gasteiger partial charge in [0, 0.05) is 24.6 Å². The summed E-state index contributed by atoms with van der Waals surface area (Å²) in [7, 11) is -3.53. The Morgan fingerprint density at radius 1 is 1.43 bits per heavy atom. The molecule has 0 aliphatic heterocycles. The van der Waals surface area contributed by atoms with Gasteiger partial charge >= 0.3 is 0 Å². The van der Waals surface area contributed by atoms with Crippen molar-refractivity contribution in [1.82, 2.24) is 14.3 Å². The molecule has 0 amide bonds. The SMILES string of the molecule is CCCn1cc(S(=O)(=O)NCC(C)(C)CCCBr)nc1C. The van der Waals surface area contributed by atoms with Crippen LogP contribution in [-0.2, 0) is 16.6 Å². The Morgan fingerprint density at radius 3 is 2.67 bits per heavy atom. The molecule has 0 saturated heterocycles. The monoisotopic (exact) mass is 379 g/mol. The standard InChI is InChI=1S/C14H26BrN3O2S/c1-5-9-18-10-13(17-12(18)2)21(19,20)16-11-14(3,4)7-6-8-15/h10,16H,5-9,11H2,1-4H3. The summed E-state index contributed by atoms with van der Waals surface area (Å²) in [4.78, 5) is 4.17. The van der Waals surface area contributed by atoms with E-state index in [1.165, 1.54) is 0 Å². The van der Waals surface area contributed by atoms with Gasteiger partial charge in [0.2, 0.25) is 0 Å². The molecule has 1 N–H and O–H groups in total. The predicted molar refractivity (Wildman–Crippen MR) is 89.3 cm³/mol. The summed E-state index contributed by atoms with van der Waals surface area (Å²) in [5.41, 5.74) is -0.0676. The molecule has 7 heteroatoms. The van der Waals surface area contributed by atoms with E-state index >= 15 is 0 Å². The van der Waals surface area contributed by atoms with Crippen LogP contribution in [0.3, 0.4) is 0 Å². The molecule has 1 aromatic heterocycles. The van der Waals surface area contributed by atoms with Crippen LogP contribution in [0, 0.1) is 12.3 Å². The van der Waals surface area contributed by atoms with Crippen LogP contribution in [-0.4, -0.2) is 29.8 Å². The molecule has 21 heavy (non-hydrogen) atoms. The lowest BCUT2D eigenvalue weighted by atomic mass is 9.88. The Balaban J connectivity index is 2.75. The van der Waals surface area contributed by atoms with Crippen LogP contribution in [0.25, 0.3) is 0 Å². The second-order valence-electron chi connectivity index (χ2n) is 6.10. The normalized spacial score (nSPS) is 12.8. The van der Waals surface area contributed by atoms with Gasteiger partial charge in [-0.2, -0.15) is 0 Å². The van der Waals surface area contributed by atoms with Gasteiger partial charge in [0.1, 0.15) is 5.82 Å². The van der Waals surface area contributed by atoms with Crippen molar-refractivity contribution in [2.24, 2.45) is 5.41 Å². The van der Waals surface area contributed by atoms with Gasteiger partial charge in [-0.3, -0.25) is 0 Å². The van der Waals surface area contributed by atoms with E-state index in [0.29, 0.717) is 6.54 Å². The number of nitrogens with zero attached hydrogens (tertiary/aromatic N) is 2. The average molecular weight is 380 g/mol. The largest absolute Gasteiger partial charge is 0.334 e. The van der Waals surface area contributed by atoms with Gasteiger partial charge in [-0.05, 0) is 31.6 Å². The van der Waals surface area contributed by atoms with Crippen LogP contribution in [0.1, 0.15) is 45.9 Å². The van der Waals surface area contributed by atoms with Gasteiger partial charge in [-0.1, -0.05) is 36.7 Å². The summed E-state index contributed by atoms with van der Waals surface area (Å²) >= 11 is 3.40. The number of nitrogens with one attached hydrogen (secondary N) is 1. The van der Waals surface area contributed by atoms with E-state index in [1.807, 2.05) is 11.5 Å². The molecule has 0 aromatic carbocycles. The fourth-order valence-corrected chi connectivity index (χ4v) is 3.60. The van der Waals surface area contributed by atoms with Crippen molar-refractivity contribution in [2.75, 3.05) is 11.9 Å². The molecule has 1 aromatic rings. The zero-order valence-corrected chi connectivity index (χ0v) is 15.7. The second-order valence-corrected chi connectivity index (χ2v) is 8.61. The summed E-state index contributed by atoms with van der Waals surface area (Å²) in [5, 5.41) is 1.05. The van der Waals surface area contributed by atoms with Gasteiger partial charge in [0.15, 0.2) is 5.03 Å². The second kappa shape index (κ2) is 7.74. The summed E-state index contributed by atoms with van der Waals surface area (Å²) in [6, 6.07) is 0. The lowest BCUT2D eigenvalue weighted by molar-refractivity contribution is 0.332. The van der Waals surface area contributed by atoms with E-state index in [2.05, 4.69) is 46.4 Å². The molecule has 5 nitrogen and oxygen atoms in total. The number of aromatic nitrogens is 2. The molecule has 0 radical (unpaired) electrons. The molecule has 0 spiro atoms. The molecule has 1 heterocycles. The highest BCUT2D eigenvalue weighted by atomic mass is 79.9. The van der Waals surface area contributed by atoms with Crippen LogP contribution in [0.4, 0.5) is 0 Å². The van der Waals surface area contributed by atoms with Crippen LogP contribution >= 0.6 is 15.9 Å². The summed E-state index contributed by atoms with van der Waals surface area (Å²) in [6.45, 7) is 9.22. The minimum absolute atomic E-state index is 0.0676. The third-order valence-electron chi connectivity index (χ3n) is 3.42. The number of rotatable bonds is 9. The molecule has 0 saturated carbocycles. The summed E-state index contributed by atoms with van der Waals surface area (Å²) in [6.07, 6.45) is 4.55. The Hall–Kier alpha value is -0.400. The maximum absolute atomic E-state index is 12.3. The topological polar surface area (TPSA) is 64.0 Å². The predicted octanol–water partition coefficient (Wildman–Crippen LogP) is 3.08. The molecular weight excluding hydrogens is 354 g/mol. The molecule has 1 rings (SSSR count). The number of hydrogen-bond acceptors (Lipinski definition) is 3. The molecule has 122 valence electrons. The first-order chi connectivity index (χ1) is 9.72. The van der Waals surface area contributed by atoms with Crippen molar-refractivity contribution in [3.63, 3.8) is 0 Å². The molecule has 0 aliphatic rings. The molecule has 0 atom stereocenters. The van der Waals surface area contributed by atoms with Crippen LogP contribution in [0.5, 0.6) is 0 Å². The van der Waals surface area contributed by atoms with Gasteiger partial charge in [0.05, 0.1) is 0 Å². The first-order valence-corrected chi connectivity index (χ1v) is 9.92. The van der Waals surface area contributed by atoms with Gasteiger partial charge < -0.3 is 4.57 Å². The van der Waals surface area contributed by atoms with E-state index in [1.54, 1.807) is 6.20 Å². The van der Waals surface area contributed by atoms with E-state index in [-0.39, 0.29) is 10.4 Å². The minimum atomic E-state index is -3.53. The van der Waals surface area contributed by atoms with Crippen molar-refractivity contribution in [3.05, 3.63) is 12.0 Å². The van der Waals surface area contributed by atoms with Crippen molar-refractivity contribution in [3.8, 4) is 0 Å². The minimum Gasteiger partial charge on any atom is -0.334 e. The Morgan fingerprint density at radius 2 is 2.10 bits per heavy atom. The maximum atomic E-state index is 12.3. The highest BCUT2D eigenvalue weighted by molar-refractivity contribution is 9.09. The van der Waals surface area contributed by atoms with E-state index in [0.717, 1.165) is 37.0 Å². The van der Waals surface area contributed by atoms with Crippen molar-refractivity contribution in [2.45, 2.75) is 58.5 Å². The summed E-state index contributed by atoms with van der Waals surface area (Å²) < 4.78 is 29.2. The van der Waals surface area contributed by atoms with E-state index in [9.17, 15) is 8.42 Å². The molecule has 0 fully saturated rings. The number of halogens is 1. The van der Waals surface area contributed by atoms with Crippen LogP contribution in [0.15, 0.2) is 11.2 Å². The Labute approximate surface area is 136 Å². The van der Waals surface area contributed by atoms with E-state index in [4.69, 9.17) is 0 Å². The van der Waals surface area contributed by atoms with Crippen molar-refractivity contribution in [1.29, 1.82) is 0 Å². The fraction of sp³-hybridized carbons (Fsp3) is 0.786. The molecule has 0 unspecified atom stereocenters. The quantitative estimate of drug-likeness (QED) is 0.670. The van der Waals surface area contributed by atoms with Gasteiger partial charge in [-0.25, -0.2) is 18.1 Å². The first kappa shape index (κ1) is 18.6. The van der Waals surface area contributed by atoms with Crippen LogP contribution < -0.4 is 4.72 Å². The maximum Gasteiger partial charge on any atom is 0.259 e. The van der Waals surface area contributed by atoms with Crippen molar-refractivity contribution >= 4 is 26.0 Å². The summed E-state index contributed by atoms with van der Waals surface area (Å²) in [5.74, 6) is 0.732. The molecular formula is C14H26BrN3O2S. The van der Waals surface area contributed by atoms with E-state index < -0.39 is 10.0 Å². The number of imidazole rings is 1. The van der Waals surface area contributed by atoms with Crippen LogP contribution in [0.2, 0.25) is 0 Å². The fourth-order valence-electron chi connectivity index (χ4n) is 2.07. The highest BCUT2D eigenvalue weighted by Crippen LogP contribution is 2.22. The Bertz CT molecular complexity index is 553. The zero-order chi connectivity index (χ0) is 16.1. The number of alkyl halides is 1. The number of sulfonamides is 1. The average Bonchev–Trinajstić information content (AvgIpc) is 2.78. The lowest BCUT2D eigenvalue weighted by Crippen LogP contribution is -2.34. The smallest absolute Gasteiger partial charge is 0.259 e. The van der Waals surface area contributed by atoms with Gasteiger partial charge in [-0.15, -0.1) is 0 Å². The third kappa shape index (κ3) is 5.71. The Kier molecular flexibility index (Phi) is 6.87. The van der Waals surface area contributed by atoms with Gasteiger partial charge in [0.25, 0.3) is 10.0 Å².